The lowest BCUT2D eigenvalue weighted by atomic mass is 10.0. The summed E-state index contributed by atoms with van der Waals surface area (Å²) in [6.45, 7) is 9.81. The number of aliphatic hydroxyl groups is 1. The molecule has 1 fully saturated rings. The standard InChI is InChI=1S/C16H27N3O/c1-5-19-8-6-14(7-9-19)18(4)16-15(11-20)12(2)10-13(3)17-16/h10,14,20H,5-9,11H2,1-4H3. The molecule has 1 N–H and O–H groups in total. The van der Waals surface area contributed by atoms with Gasteiger partial charge in [-0.15, -0.1) is 0 Å². The van der Waals surface area contributed by atoms with Crippen molar-refractivity contribution in [1.82, 2.24) is 9.88 Å². The number of aromatic nitrogens is 1. The van der Waals surface area contributed by atoms with E-state index in [4.69, 9.17) is 0 Å². The molecule has 1 aliphatic rings. The highest BCUT2D eigenvalue weighted by atomic mass is 16.3. The predicted octanol–water partition coefficient (Wildman–Crippen LogP) is 2.11. The summed E-state index contributed by atoms with van der Waals surface area (Å²) < 4.78 is 0. The zero-order valence-corrected chi connectivity index (χ0v) is 13.2. The van der Waals surface area contributed by atoms with E-state index in [-0.39, 0.29) is 6.61 Å². The fraction of sp³-hybridized carbons (Fsp3) is 0.688. The molecule has 0 spiro atoms. The zero-order chi connectivity index (χ0) is 14.7. The van der Waals surface area contributed by atoms with Gasteiger partial charge < -0.3 is 14.9 Å². The van der Waals surface area contributed by atoms with Crippen molar-refractivity contribution >= 4 is 5.82 Å². The van der Waals surface area contributed by atoms with Gasteiger partial charge in [0, 0.05) is 37.4 Å². The predicted molar refractivity (Wildman–Crippen MR) is 83.2 cm³/mol. The Bertz CT molecular complexity index is 453. The summed E-state index contributed by atoms with van der Waals surface area (Å²) in [6, 6.07) is 2.57. The highest BCUT2D eigenvalue weighted by molar-refractivity contribution is 5.51. The number of rotatable bonds is 4. The molecule has 0 radical (unpaired) electrons. The molecule has 20 heavy (non-hydrogen) atoms. The van der Waals surface area contributed by atoms with Crippen molar-refractivity contribution in [3.63, 3.8) is 0 Å². The second-order valence-electron chi connectivity index (χ2n) is 5.82. The third kappa shape index (κ3) is 3.13. The van der Waals surface area contributed by atoms with Crippen LogP contribution in [0.25, 0.3) is 0 Å². The first-order valence-electron chi connectivity index (χ1n) is 7.60. The highest BCUT2D eigenvalue weighted by Gasteiger charge is 2.24. The number of nitrogens with zero attached hydrogens (tertiary/aromatic N) is 3. The number of aliphatic hydroxyl groups excluding tert-OH is 1. The van der Waals surface area contributed by atoms with Gasteiger partial charge in [-0.1, -0.05) is 6.92 Å². The molecule has 4 heteroatoms. The molecule has 0 saturated carbocycles. The van der Waals surface area contributed by atoms with Crippen LogP contribution in [-0.4, -0.2) is 47.7 Å². The number of anilines is 1. The van der Waals surface area contributed by atoms with E-state index in [0.717, 1.165) is 42.3 Å². The monoisotopic (exact) mass is 277 g/mol. The molecule has 0 bridgehead atoms. The van der Waals surface area contributed by atoms with Crippen molar-refractivity contribution in [2.24, 2.45) is 0 Å². The van der Waals surface area contributed by atoms with Crippen molar-refractivity contribution in [3.8, 4) is 0 Å². The molecule has 0 unspecified atom stereocenters. The Kier molecular flexibility index (Phi) is 5.00. The van der Waals surface area contributed by atoms with E-state index < -0.39 is 0 Å². The summed E-state index contributed by atoms with van der Waals surface area (Å²) in [5.74, 6) is 0.958. The topological polar surface area (TPSA) is 39.6 Å². The van der Waals surface area contributed by atoms with Gasteiger partial charge in [0.25, 0.3) is 0 Å². The Morgan fingerprint density at radius 2 is 2.00 bits per heavy atom. The van der Waals surface area contributed by atoms with E-state index >= 15 is 0 Å². The van der Waals surface area contributed by atoms with Crippen LogP contribution in [0.15, 0.2) is 6.07 Å². The third-order valence-corrected chi connectivity index (χ3v) is 4.50. The molecule has 2 heterocycles. The number of pyridine rings is 1. The van der Waals surface area contributed by atoms with E-state index in [0.29, 0.717) is 6.04 Å². The largest absolute Gasteiger partial charge is 0.392 e. The van der Waals surface area contributed by atoms with Crippen LogP contribution in [0.2, 0.25) is 0 Å². The molecule has 0 aliphatic carbocycles. The number of aryl methyl sites for hydroxylation is 2. The third-order valence-electron chi connectivity index (χ3n) is 4.50. The number of hydrogen-bond acceptors (Lipinski definition) is 4. The van der Waals surface area contributed by atoms with Crippen molar-refractivity contribution < 1.29 is 5.11 Å². The maximum atomic E-state index is 9.64. The van der Waals surface area contributed by atoms with Crippen molar-refractivity contribution in [1.29, 1.82) is 0 Å². The lowest BCUT2D eigenvalue weighted by molar-refractivity contribution is 0.220. The molecule has 2 rings (SSSR count). The molecular weight excluding hydrogens is 250 g/mol. The smallest absolute Gasteiger partial charge is 0.134 e. The van der Waals surface area contributed by atoms with E-state index in [9.17, 15) is 5.11 Å². The molecule has 112 valence electrons. The first kappa shape index (κ1) is 15.3. The minimum atomic E-state index is 0.0621. The van der Waals surface area contributed by atoms with E-state index in [1.807, 2.05) is 13.0 Å². The van der Waals surface area contributed by atoms with Crippen LogP contribution in [0, 0.1) is 13.8 Å². The van der Waals surface area contributed by atoms with Gasteiger partial charge in [0.05, 0.1) is 6.61 Å². The fourth-order valence-corrected chi connectivity index (χ4v) is 3.13. The minimum Gasteiger partial charge on any atom is -0.392 e. The van der Waals surface area contributed by atoms with Crippen molar-refractivity contribution in [3.05, 3.63) is 22.9 Å². The maximum Gasteiger partial charge on any atom is 0.134 e. The van der Waals surface area contributed by atoms with Crippen LogP contribution in [0.3, 0.4) is 0 Å². The molecule has 1 saturated heterocycles. The molecule has 1 aliphatic heterocycles. The maximum absolute atomic E-state index is 9.64. The summed E-state index contributed by atoms with van der Waals surface area (Å²) in [4.78, 5) is 9.44. The summed E-state index contributed by atoms with van der Waals surface area (Å²) in [6.07, 6.45) is 2.34. The van der Waals surface area contributed by atoms with Gasteiger partial charge >= 0.3 is 0 Å². The van der Waals surface area contributed by atoms with E-state index in [2.05, 4.69) is 35.7 Å². The second kappa shape index (κ2) is 6.55. The SMILES string of the molecule is CCN1CCC(N(C)c2nc(C)cc(C)c2CO)CC1. The average molecular weight is 277 g/mol. The first-order chi connectivity index (χ1) is 9.56. The summed E-state index contributed by atoms with van der Waals surface area (Å²) in [5, 5.41) is 9.64. The van der Waals surface area contributed by atoms with Gasteiger partial charge in [0.1, 0.15) is 5.82 Å². The van der Waals surface area contributed by atoms with Crippen LogP contribution in [0.1, 0.15) is 36.6 Å². The Morgan fingerprint density at radius 3 is 2.55 bits per heavy atom. The molecule has 0 aromatic carbocycles. The number of likely N-dealkylation sites (tertiary alicyclic amines) is 1. The molecule has 1 aromatic rings. The molecule has 0 atom stereocenters. The van der Waals surface area contributed by atoms with Gasteiger partial charge in [-0.3, -0.25) is 0 Å². The molecule has 1 aromatic heterocycles. The first-order valence-corrected chi connectivity index (χ1v) is 7.60. The Balaban J connectivity index is 2.19. The van der Waals surface area contributed by atoms with Crippen LogP contribution < -0.4 is 4.90 Å². The normalized spacial score (nSPS) is 17.4. The van der Waals surface area contributed by atoms with Gasteiger partial charge in [0.2, 0.25) is 0 Å². The van der Waals surface area contributed by atoms with Gasteiger partial charge in [-0.05, 0) is 44.9 Å². The summed E-state index contributed by atoms with van der Waals surface area (Å²) in [7, 11) is 2.12. The quantitative estimate of drug-likeness (QED) is 0.915. The Morgan fingerprint density at radius 1 is 1.35 bits per heavy atom. The number of piperidine rings is 1. The van der Waals surface area contributed by atoms with Crippen LogP contribution >= 0.6 is 0 Å². The molecular formula is C16H27N3O. The van der Waals surface area contributed by atoms with E-state index in [1.165, 1.54) is 12.8 Å². The highest BCUT2D eigenvalue weighted by Crippen LogP contribution is 2.26. The minimum absolute atomic E-state index is 0.0621. The molecule has 0 amide bonds. The van der Waals surface area contributed by atoms with Gasteiger partial charge in [-0.2, -0.15) is 0 Å². The van der Waals surface area contributed by atoms with Gasteiger partial charge in [0.15, 0.2) is 0 Å². The summed E-state index contributed by atoms with van der Waals surface area (Å²) in [5.41, 5.74) is 3.12. The number of hydrogen-bond donors (Lipinski definition) is 1. The lowest BCUT2D eigenvalue weighted by Crippen LogP contribution is -2.44. The van der Waals surface area contributed by atoms with Crippen molar-refractivity contribution in [2.75, 3.05) is 31.6 Å². The van der Waals surface area contributed by atoms with Crippen molar-refractivity contribution in [2.45, 2.75) is 46.3 Å². The summed E-state index contributed by atoms with van der Waals surface area (Å²) >= 11 is 0. The second-order valence-corrected chi connectivity index (χ2v) is 5.82. The lowest BCUT2D eigenvalue weighted by Gasteiger charge is -2.37. The van der Waals surface area contributed by atoms with Crippen LogP contribution in [0.5, 0.6) is 0 Å². The molecule has 4 nitrogen and oxygen atoms in total. The Hall–Kier alpha value is -1.13. The fourth-order valence-electron chi connectivity index (χ4n) is 3.13. The van der Waals surface area contributed by atoms with Crippen LogP contribution in [-0.2, 0) is 6.61 Å². The van der Waals surface area contributed by atoms with E-state index in [1.54, 1.807) is 0 Å². The van der Waals surface area contributed by atoms with Crippen LogP contribution in [0.4, 0.5) is 5.82 Å². The van der Waals surface area contributed by atoms with Gasteiger partial charge in [-0.25, -0.2) is 4.98 Å². The zero-order valence-electron chi connectivity index (χ0n) is 13.2. The Labute approximate surface area is 122 Å². The average Bonchev–Trinajstić information content (AvgIpc) is 2.46.